The molecule has 4 N–H and O–H groups in total. The first-order valence-corrected chi connectivity index (χ1v) is 4.93. The van der Waals surface area contributed by atoms with E-state index in [1.807, 2.05) is 6.92 Å². The van der Waals surface area contributed by atoms with Gasteiger partial charge < -0.3 is 20.9 Å². The third-order valence-electron chi connectivity index (χ3n) is 2.25. The number of nitrogens with two attached hydrogens (primary N) is 1. The van der Waals surface area contributed by atoms with Crippen LogP contribution in [0.25, 0.3) is 0 Å². The molecule has 3 atom stereocenters. The maximum atomic E-state index is 10.7. The number of carboxylic acids is 1. The summed E-state index contributed by atoms with van der Waals surface area (Å²) >= 11 is 0. The van der Waals surface area contributed by atoms with Crippen molar-refractivity contribution in [2.75, 3.05) is 13.2 Å². The smallest absolute Gasteiger partial charge is 0.320 e. The predicted molar refractivity (Wildman–Crippen MR) is 52.0 cm³/mol. The van der Waals surface area contributed by atoms with Gasteiger partial charge in [0.15, 0.2) is 0 Å². The van der Waals surface area contributed by atoms with Crippen molar-refractivity contribution in [1.29, 1.82) is 0 Å². The molecule has 1 rings (SSSR count). The highest BCUT2D eigenvalue weighted by Crippen LogP contribution is 2.12. The lowest BCUT2D eigenvalue weighted by molar-refractivity contribution is -0.141. The number of hydrogen-bond donors (Lipinski definition) is 3. The first kappa shape index (κ1) is 11.4. The summed E-state index contributed by atoms with van der Waals surface area (Å²) in [4.78, 5) is 10.7. The lowest BCUT2D eigenvalue weighted by atomic mass is 10.0. The quantitative estimate of drug-likeness (QED) is 0.575. The van der Waals surface area contributed by atoms with E-state index in [0.717, 1.165) is 6.42 Å². The summed E-state index contributed by atoms with van der Waals surface area (Å²) in [5.74, 6) is -0.806. The Morgan fingerprint density at radius 2 is 2.50 bits per heavy atom. The minimum atomic E-state index is -0.806. The molecule has 0 spiro atoms. The Labute approximate surface area is 83.6 Å². The van der Waals surface area contributed by atoms with Gasteiger partial charge in [-0.25, -0.2) is 0 Å². The molecule has 1 fully saturated rings. The summed E-state index contributed by atoms with van der Waals surface area (Å²) in [6.45, 7) is 3.06. The molecular formula is C9H18N2O3. The van der Waals surface area contributed by atoms with Crippen LogP contribution in [0, 0.1) is 0 Å². The van der Waals surface area contributed by atoms with Crippen LogP contribution in [0.3, 0.4) is 0 Å². The normalized spacial score (nSPS) is 29.9. The molecule has 3 unspecified atom stereocenters. The molecule has 5 heteroatoms. The van der Waals surface area contributed by atoms with Gasteiger partial charge in [-0.1, -0.05) is 0 Å². The Balaban J connectivity index is 2.29. The second-order valence-electron chi connectivity index (χ2n) is 3.80. The summed E-state index contributed by atoms with van der Waals surface area (Å²) < 4.78 is 5.50. The number of carbonyl (C=O) groups is 1. The van der Waals surface area contributed by atoms with Gasteiger partial charge in [0, 0.05) is 6.04 Å². The van der Waals surface area contributed by atoms with Crippen LogP contribution in [0.1, 0.15) is 19.8 Å². The molecule has 14 heavy (non-hydrogen) atoms. The number of nitrogens with one attached hydrogen (secondary N) is 1. The summed E-state index contributed by atoms with van der Waals surface area (Å²) in [5, 5.41) is 11.7. The van der Waals surface area contributed by atoms with Gasteiger partial charge in [0.2, 0.25) is 0 Å². The zero-order valence-electron chi connectivity index (χ0n) is 8.40. The lowest BCUT2D eigenvalue weighted by Crippen LogP contribution is -2.46. The van der Waals surface area contributed by atoms with Crippen LogP contribution in [-0.4, -0.2) is 42.4 Å². The fraction of sp³-hybridized carbons (Fsp3) is 0.889. The van der Waals surface area contributed by atoms with Gasteiger partial charge >= 0.3 is 5.97 Å². The lowest BCUT2D eigenvalue weighted by Gasteiger charge is -2.28. The molecule has 0 radical (unpaired) electrons. The fourth-order valence-corrected chi connectivity index (χ4v) is 1.51. The first-order chi connectivity index (χ1) is 6.59. The van der Waals surface area contributed by atoms with Gasteiger partial charge in [0.05, 0.1) is 12.7 Å². The van der Waals surface area contributed by atoms with Crippen molar-refractivity contribution in [3.8, 4) is 0 Å². The summed E-state index contributed by atoms with van der Waals surface area (Å²) in [7, 11) is 0. The van der Waals surface area contributed by atoms with E-state index in [9.17, 15) is 4.79 Å². The van der Waals surface area contributed by atoms with Crippen molar-refractivity contribution >= 4 is 5.97 Å². The average Bonchev–Trinajstić information content (AvgIpc) is 2.15. The topological polar surface area (TPSA) is 84.6 Å². The molecule has 0 aliphatic carbocycles. The molecule has 1 aliphatic rings. The van der Waals surface area contributed by atoms with E-state index in [1.165, 1.54) is 0 Å². The maximum absolute atomic E-state index is 10.7. The van der Waals surface area contributed by atoms with Crippen molar-refractivity contribution in [3.05, 3.63) is 0 Å². The van der Waals surface area contributed by atoms with Gasteiger partial charge in [-0.2, -0.15) is 0 Å². The largest absolute Gasteiger partial charge is 0.480 e. The standard InChI is InChI=1S/C9H18N2O3/c1-6(10)5-14-7-2-3-11-8(4-7)9(12)13/h6-8,11H,2-5,10H2,1H3,(H,12,13). The van der Waals surface area contributed by atoms with Gasteiger partial charge in [0.25, 0.3) is 0 Å². The highest BCUT2D eigenvalue weighted by atomic mass is 16.5. The molecule has 0 saturated carbocycles. The van der Waals surface area contributed by atoms with Gasteiger partial charge in [0.1, 0.15) is 6.04 Å². The van der Waals surface area contributed by atoms with E-state index < -0.39 is 12.0 Å². The fourth-order valence-electron chi connectivity index (χ4n) is 1.51. The van der Waals surface area contributed by atoms with Crippen LogP contribution in [0.5, 0.6) is 0 Å². The minimum absolute atomic E-state index is 0.00756. The van der Waals surface area contributed by atoms with Crippen LogP contribution in [0.15, 0.2) is 0 Å². The van der Waals surface area contributed by atoms with Gasteiger partial charge in [-0.3, -0.25) is 4.79 Å². The molecule has 0 bridgehead atoms. The second-order valence-corrected chi connectivity index (χ2v) is 3.80. The number of hydrogen-bond acceptors (Lipinski definition) is 4. The third-order valence-corrected chi connectivity index (χ3v) is 2.25. The summed E-state index contributed by atoms with van der Waals surface area (Å²) in [5.41, 5.74) is 5.55. The maximum Gasteiger partial charge on any atom is 0.320 e. The Bertz CT molecular complexity index is 196. The van der Waals surface area contributed by atoms with Crippen LogP contribution in [-0.2, 0) is 9.53 Å². The van der Waals surface area contributed by atoms with Crippen LogP contribution in [0.4, 0.5) is 0 Å². The predicted octanol–water partition coefficient (Wildman–Crippen LogP) is -0.445. The Morgan fingerprint density at radius 1 is 1.79 bits per heavy atom. The van der Waals surface area contributed by atoms with E-state index in [-0.39, 0.29) is 12.1 Å². The number of ether oxygens (including phenoxy) is 1. The molecule has 1 saturated heterocycles. The minimum Gasteiger partial charge on any atom is -0.480 e. The molecule has 5 nitrogen and oxygen atoms in total. The summed E-state index contributed by atoms with van der Waals surface area (Å²) in [6.07, 6.45) is 1.42. The monoisotopic (exact) mass is 202 g/mol. The van der Waals surface area contributed by atoms with E-state index in [1.54, 1.807) is 0 Å². The second kappa shape index (κ2) is 5.29. The molecule has 0 aromatic heterocycles. The van der Waals surface area contributed by atoms with Crippen molar-refractivity contribution in [3.63, 3.8) is 0 Å². The van der Waals surface area contributed by atoms with Crippen molar-refractivity contribution in [2.45, 2.75) is 38.0 Å². The zero-order chi connectivity index (χ0) is 10.6. The highest BCUT2D eigenvalue weighted by Gasteiger charge is 2.26. The third kappa shape index (κ3) is 3.61. The number of piperidine rings is 1. The van der Waals surface area contributed by atoms with Gasteiger partial charge in [-0.05, 0) is 26.3 Å². The van der Waals surface area contributed by atoms with E-state index >= 15 is 0 Å². The highest BCUT2D eigenvalue weighted by molar-refractivity contribution is 5.73. The number of rotatable bonds is 4. The summed E-state index contributed by atoms with van der Waals surface area (Å²) in [6, 6.07) is -0.463. The van der Waals surface area contributed by atoms with Crippen molar-refractivity contribution in [2.24, 2.45) is 5.73 Å². The van der Waals surface area contributed by atoms with Gasteiger partial charge in [-0.15, -0.1) is 0 Å². The van der Waals surface area contributed by atoms with Crippen LogP contribution >= 0.6 is 0 Å². The zero-order valence-corrected chi connectivity index (χ0v) is 8.40. The number of carboxylic acid groups (broad SMARTS) is 1. The van der Waals surface area contributed by atoms with Crippen LogP contribution in [0.2, 0.25) is 0 Å². The molecule has 0 amide bonds. The molecular weight excluding hydrogens is 184 g/mol. The van der Waals surface area contributed by atoms with E-state index in [2.05, 4.69) is 5.32 Å². The molecule has 1 aliphatic heterocycles. The SMILES string of the molecule is CC(N)COC1CCNC(C(=O)O)C1. The van der Waals surface area contributed by atoms with Crippen LogP contribution < -0.4 is 11.1 Å². The molecule has 0 aromatic rings. The Hall–Kier alpha value is -0.650. The number of aliphatic carboxylic acids is 1. The first-order valence-electron chi connectivity index (χ1n) is 4.93. The molecule has 82 valence electrons. The molecule has 0 aromatic carbocycles. The Kier molecular flexibility index (Phi) is 4.31. The molecule has 1 heterocycles. The Morgan fingerprint density at radius 3 is 3.07 bits per heavy atom. The van der Waals surface area contributed by atoms with Crippen molar-refractivity contribution in [1.82, 2.24) is 5.32 Å². The average molecular weight is 202 g/mol. The van der Waals surface area contributed by atoms with E-state index in [0.29, 0.717) is 19.6 Å². The van der Waals surface area contributed by atoms with Crippen molar-refractivity contribution < 1.29 is 14.6 Å². The van der Waals surface area contributed by atoms with E-state index in [4.69, 9.17) is 15.6 Å².